The summed E-state index contributed by atoms with van der Waals surface area (Å²) in [7, 11) is 1.30. The van der Waals surface area contributed by atoms with Crippen molar-refractivity contribution in [2.45, 2.75) is 19.9 Å². The summed E-state index contributed by atoms with van der Waals surface area (Å²) in [4.78, 5) is 22.5. The molecule has 16 heavy (non-hydrogen) atoms. The first kappa shape index (κ1) is 12.2. The van der Waals surface area contributed by atoms with Gasteiger partial charge in [0.1, 0.15) is 0 Å². The lowest BCUT2D eigenvalue weighted by Crippen LogP contribution is -2.32. The zero-order valence-electron chi connectivity index (χ0n) is 9.61. The predicted octanol–water partition coefficient (Wildman–Crippen LogP) is 1.35. The molecule has 0 radical (unpaired) electrons. The molecule has 4 nitrogen and oxygen atoms in total. The number of carbonyl (C=O) groups is 2. The van der Waals surface area contributed by atoms with Crippen LogP contribution in [0.4, 0.5) is 0 Å². The molecule has 0 saturated heterocycles. The van der Waals surface area contributed by atoms with Crippen LogP contribution >= 0.6 is 0 Å². The quantitative estimate of drug-likeness (QED) is 0.784. The van der Waals surface area contributed by atoms with Crippen LogP contribution in [0, 0.1) is 6.92 Å². The van der Waals surface area contributed by atoms with Gasteiger partial charge in [-0.05, 0) is 12.5 Å². The minimum Gasteiger partial charge on any atom is -0.467 e. The maximum absolute atomic E-state index is 11.5. The van der Waals surface area contributed by atoms with Crippen LogP contribution in [0.2, 0.25) is 0 Å². The lowest BCUT2D eigenvalue weighted by molar-refractivity contribution is -0.145. The van der Waals surface area contributed by atoms with Crippen molar-refractivity contribution in [3.63, 3.8) is 0 Å². The number of benzene rings is 1. The Morgan fingerprint density at radius 2 is 2.06 bits per heavy atom. The number of ether oxygens (including phenoxy) is 1. The van der Waals surface area contributed by atoms with Gasteiger partial charge >= 0.3 is 5.97 Å². The second kappa shape index (κ2) is 5.30. The van der Waals surface area contributed by atoms with Crippen LogP contribution in [0.25, 0.3) is 0 Å². The fraction of sp³-hybridized carbons (Fsp3) is 0.333. The Morgan fingerprint density at radius 3 is 2.56 bits per heavy atom. The van der Waals surface area contributed by atoms with E-state index in [-0.39, 0.29) is 5.91 Å². The van der Waals surface area contributed by atoms with Crippen molar-refractivity contribution in [1.82, 2.24) is 5.32 Å². The zero-order chi connectivity index (χ0) is 12.1. The fourth-order valence-electron chi connectivity index (χ4n) is 1.45. The zero-order valence-corrected chi connectivity index (χ0v) is 9.61. The highest BCUT2D eigenvalue weighted by atomic mass is 16.5. The molecule has 0 spiro atoms. The van der Waals surface area contributed by atoms with Crippen molar-refractivity contribution in [1.29, 1.82) is 0 Å². The normalized spacial score (nSPS) is 11.7. The van der Waals surface area contributed by atoms with E-state index >= 15 is 0 Å². The van der Waals surface area contributed by atoms with E-state index in [0.29, 0.717) is 0 Å². The smallest absolute Gasteiger partial charge is 0.333 e. The molecule has 1 rings (SSSR count). The Hall–Kier alpha value is -1.84. The van der Waals surface area contributed by atoms with E-state index in [0.717, 1.165) is 11.1 Å². The minimum atomic E-state index is -0.734. The van der Waals surface area contributed by atoms with Gasteiger partial charge in [0.25, 0.3) is 0 Å². The van der Waals surface area contributed by atoms with Crippen molar-refractivity contribution >= 4 is 11.9 Å². The number of esters is 1. The number of methoxy groups -OCH3 is 1. The van der Waals surface area contributed by atoms with Crippen LogP contribution in [0.3, 0.4) is 0 Å². The molecule has 0 bridgehead atoms. The molecule has 0 aliphatic carbocycles. The van der Waals surface area contributed by atoms with Crippen molar-refractivity contribution in [3.8, 4) is 0 Å². The van der Waals surface area contributed by atoms with Crippen molar-refractivity contribution in [2.24, 2.45) is 0 Å². The molecule has 1 amide bonds. The molecular formula is C12H15NO3. The molecule has 0 aromatic heterocycles. The maximum atomic E-state index is 11.5. The first-order chi connectivity index (χ1) is 7.54. The average molecular weight is 221 g/mol. The van der Waals surface area contributed by atoms with E-state index in [1.165, 1.54) is 14.0 Å². The lowest BCUT2D eigenvalue weighted by Gasteiger charge is -2.16. The molecule has 1 aromatic rings. The molecular weight excluding hydrogens is 206 g/mol. The van der Waals surface area contributed by atoms with Crippen molar-refractivity contribution in [3.05, 3.63) is 35.4 Å². The summed E-state index contributed by atoms with van der Waals surface area (Å²) in [5.41, 5.74) is 1.75. The van der Waals surface area contributed by atoms with E-state index in [9.17, 15) is 9.59 Å². The molecule has 0 fully saturated rings. The molecule has 0 aliphatic rings. The molecule has 1 N–H and O–H groups in total. The summed E-state index contributed by atoms with van der Waals surface area (Å²) in [5.74, 6) is -0.738. The summed E-state index contributed by atoms with van der Waals surface area (Å²) in [5, 5.41) is 2.56. The molecule has 86 valence electrons. The van der Waals surface area contributed by atoms with Gasteiger partial charge < -0.3 is 10.1 Å². The van der Waals surface area contributed by atoms with Gasteiger partial charge in [0.2, 0.25) is 5.91 Å². The molecule has 0 heterocycles. The van der Waals surface area contributed by atoms with Crippen LogP contribution in [0.5, 0.6) is 0 Å². The summed E-state index contributed by atoms with van der Waals surface area (Å²) in [6, 6.07) is 6.65. The molecule has 1 aromatic carbocycles. The first-order valence-corrected chi connectivity index (χ1v) is 4.96. The highest BCUT2D eigenvalue weighted by molar-refractivity contribution is 5.84. The Labute approximate surface area is 94.6 Å². The van der Waals surface area contributed by atoms with E-state index in [1.807, 2.05) is 25.1 Å². The van der Waals surface area contributed by atoms with Crippen LogP contribution < -0.4 is 5.32 Å². The Bertz CT molecular complexity index is 401. The SMILES string of the molecule is COC(=O)C(NC(C)=O)c1cccc(C)c1. The van der Waals surface area contributed by atoms with E-state index < -0.39 is 12.0 Å². The van der Waals surface area contributed by atoms with Gasteiger partial charge in [-0.3, -0.25) is 4.79 Å². The summed E-state index contributed by atoms with van der Waals surface area (Å²) in [6.45, 7) is 3.29. The van der Waals surface area contributed by atoms with E-state index in [1.54, 1.807) is 6.07 Å². The minimum absolute atomic E-state index is 0.267. The predicted molar refractivity (Wildman–Crippen MR) is 59.8 cm³/mol. The van der Waals surface area contributed by atoms with Gasteiger partial charge in [0, 0.05) is 6.92 Å². The number of hydrogen-bond acceptors (Lipinski definition) is 3. The summed E-state index contributed by atoms with van der Waals surface area (Å²) in [6.07, 6.45) is 0. The molecule has 1 atom stereocenters. The second-order valence-electron chi connectivity index (χ2n) is 3.57. The molecule has 4 heteroatoms. The third kappa shape index (κ3) is 3.08. The number of nitrogens with one attached hydrogen (secondary N) is 1. The number of rotatable bonds is 3. The second-order valence-corrected chi connectivity index (χ2v) is 3.57. The van der Waals surface area contributed by atoms with Gasteiger partial charge in [-0.15, -0.1) is 0 Å². The summed E-state index contributed by atoms with van der Waals surface area (Å²) >= 11 is 0. The van der Waals surface area contributed by atoms with Crippen LogP contribution in [-0.2, 0) is 14.3 Å². The highest BCUT2D eigenvalue weighted by Gasteiger charge is 2.21. The average Bonchev–Trinajstić information content (AvgIpc) is 2.24. The summed E-state index contributed by atoms with van der Waals surface area (Å²) < 4.78 is 4.65. The van der Waals surface area contributed by atoms with Gasteiger partial charge in [0.05, 0.1) is 7.11 Å². The number of hydrogen-bond donors (Lipinski definition) is 1. The monoisotopic (exact) mass is 221 g/mol. The lowest BCUT2D eigenvalue weighted by atomic mass is 10.0. The number of carbonyl (C=O) groups excluding carboxylic acids is 2. The number of amides is 1. The third-order valence-electron chi connectivity index (χ3n) is 2.16. The Balaban J connectivity index is 3.00. The third-order valence-corrected chi connectivity index (χ3v) is 2.16. The maximum Gasteiger partial charge on any atom is 0.333 e. The van der Waals surface area contributed by atoms with Gasteiger partial charge in [-0.25, -0.2) is 4.79 Å². The van der Waals surface area contributed by atoms with E-state index in [4.69, 9.17) is 0 Å². The topological polar surface area (TPSA) is 55.4 Å². The first-order valence-electron chi connectivity index (χ1n) is 4.96. The Morgan fingerprint density at radius 1 is 1.38 bits per heavy atom. The van der Waals surface area contributed by atoms with Crippen LogP contribution in [0.15, 0.2) is 24.3 Å². The molecule has 0 saturated carbocycles. The van der Waals surface area contributed by atoms with E-state index in [2.05, 4.69) is 10.1 Å². The van der Waals surface area contributed by atoms with Crippen molar-refractivity contribution < 1.29 is 14.3 Å². The van der Waals surface area contributed by atoms with Crippen LogP contribution in [-0.4, -0.2) is 19.0 Å². The van der Waals surface area contributed by atoms with Gasteiger partial charge in [-0.1, -0.05) is 29.8 Å². The van der Waals surface area contributed by atoms with Gasteiger partial charge in [0.15, 0.2) is 6.04 Å². The fourth-order valence-corrected chi connectivity index (χ4v) is 1.45. The van der Waals surface area contributed by atoms with Crippen LogP contribution in [0.1, 0.15) is 24.1 Å². The molecule has 0 aliphatic heterocycles. The highest BCUT2D eigenvalue weighted by Crippen LogP contribution is 2.15. The standard InChI is InChI=1S/C12H15NO3/c1-8-5-4-6-10(7-8)11(12(15)16-3)13-9(2)14/h4-7,11H,1-3H3,(H,13,14). The Kier molecular flexibility index (Phi) is 4.05. The molecule has 1 unspecified atom stereocenters. The largest absolute Gasteiger partial charge is 0.467 e. The van der Waals surface area contributed by atoms with Gasteiger partial charge in [-0.2, -0.15) is 0 Å². The number of aryl methyl sites for hydroxylation is 1. The van der Waals surface area contributed by atoms with Crippen molar-refractivity contribution in [2.75, 3.05) is 7.11 Å².